The number of H-pyrrole nitrogens is 1. The van der Waals surface area contributed by atoms with Crippen molar-refractivity contribution in [3.05, 3.63) is 125 Å². The Morgan fingerprint density at radius 2 is 1.43 bits per heavy atom. The van der Waals surface area contributed by atoms with Gasteiger partial charge < -0.3 is 39.1 Å². The summed E-state index contributed by atoms with van der Waals surface area (Å²) in [6.07, 6.45) is 0.704. The molecule has 1 unspecified atom stereocenters. The fourth-order valence-corrected chi connectivity index (χ4v) is 8.65. The van der Waals surface area contributed by atoms with Gasteiger partial charge in [0.2, 0.25) is 0 Å². The Balaban J connectivity index is 1.36. The van der Waals surface area contributed by atoms with Gasteiger partial charge in [-0.05, 0) is 79.6 Å². The average molecular weight is 812 g/mol. The molecule has 2 heterocycles. The van der Waals surface area contributed by atoms with E-state index in [-0.39, 0.29) is 31.5 Å². The smallest absolute Gasteiger partial charge is 0.367 e. The van der Waals surface area contributed by atoms with Crippen LogP contribution in [0.2, 0.25) is 0 Å². The molecule has 5 aromatic rings. The maximum Gasteiger partial charge on any atom is 0.367 e. The highest BCUT2D eigenvalue weighted by molar-refractivity contribution is 7.53. The highest BCUT2D eigenvalue weighted by Crippen LogP contribution is 2.48. The molecule has 13 heteroatoms. The van der Waals surface area contributed by atoms with Crippen molar-refractivity contribution in [2.45, 2.75) is 103 Å². The molecule has 1 saturated heterocycles. The summed E-state index contributed by atoms with van der Waals surface area (Å²) in [4.78, 5) is 18.7. The molecular formula is C45H58N5O7P. The van der Waals surface area contributed by atoms with Gasteiger partial charge in [0.15, 0.2) is 12.2 Å². The molecule has 1 aromatic heterocycles. The van der Waals surface area contributed by atoms with E-state index in [0.717, 1.165) is 53.5 Å². The van der Waals surface area contributed by atoms with E-state index in [1.54, 1.807) is 21.9 Å². The Labute approximate surface area is 342 Å². The number of aliphatic hydroxyl groups is 2. The summed E-state index contributed by atoms with van der Waals surface area (Å²) in [5, 5.41) is 36.3. The minimum absolute atomic E-state index is 0.0782. The van der Waals surface area contributed by atoms with Crippen LogP contribution in [0.5, 0.6) is 5.75 Å². The van der Waals surface area contributed by atoms with E-state index in [2.05, 4.69) is 15.5 Å². The minimum Gasteiger partial charge on any atom is -0.481 e. The number of rotatable bonds is 20. The number of carbonyl (C=O) groups is 1. The van der Waals surface area contributed by atoms with Crippen molar-refractivity contribution in [3.63, 3.8) is 0 Å². The number of nitrogens with zero attached hydrogens (tertiary/aromatic N) is 3. The Bertz CT molecular complexity index is 2090. The van der Waals surface area contributed by atoms with E-state index >= 15 is 4.79 Å². The Morgan fingerprint density at radius 3 is 2.10 bits per heavy atom. The van der Waals surface area contributed by atoms with Crippen molar-refractivity contribution in [1.82, 2.24) is 20.0 Å². The number of ether oxygens (including phenoxy) is 1. The molecule has 0 bridgehead atoms. The number of aromatic amines is 1. The number of urea groups is 1. The van der Waals surface area contributed by atoms with Crippen LogP contribution in [-0.4, -0.2) is 80.1 Å². The standard InChI is InChI=1S/C45H58N5O7P/c1-5-7-24-56-58(54,57-25-8-6-2)31-55-37-21-15-18-34(26-37)30-50-41(36-19-13-10-14-20-36)43(52)42(51)40(28-33-16-11-9-12-17-33)49(45(50)53)29-35-22-23-39-38(27-35)44(48-47-39)46-32(3)4/h9-23,26-27,32,40-43,51-52H,5-8,24-25,28-31H2,1-4H3,(H2,46,47,48)/t40-,41?,42+,43+/m1/s1. The lowest BCUT2D eigenvalue weighted by Crippen LogP contribution is -2.50. The normalized spacial score (nSPS) is 18.8. The molecule has 2 amide bonds. The number of fused-ring (bicyclic) bond motifs is 1. The van der Waals surface area contributed by atoms with Crippen molar-refractivity contribution in [1.29, 1.82) is 0 Å². The van der Waals surface area contributed by atoms with Crippen LogP contribution in [-0.2, 0) is 33.1 Å². The highest BCUT2D eigenvalue weighted by Gasteiger charge is 2.47. The zero-order valence-electron chi connectivity index (χ0n) is 34.0. The lowest BCUT2D eigenvalue weighted by Gasteiger charge is -2.36. The van der Waals surface area contributed by atoms with Crippen molar-refractivity contribution >= 4 is 30.3 Å². The zero-order valence-corrected chi connectivity index (χ0v) is 34.9. The highest BCUT2D eigenvalue weighted by atomic mass is 31.2. The van der Waals surface area contributed by atoms with Gasteiger partial charge in [-0.1, -0.05) is 106 Å². The molecule has 310 valence electrons. The third kappa shape index (κ3) is 10.9. The van der Waals surface area contributed by atoms with Gasteiger partial charge in [0.05, 0.1) is 30.8 Å². The summed E-state index contributed by atoms with van der Waals surface area (Å²) in [5.41, 5.74) is 4.03. The first-order valence-electron chi connectivity index (χ1n) is 20.4. The number of aromatic nitrogens is 2. The number of hydrogen-bond donors (Lipinski definition) is 4. The molecule has 1 fully saturated rings. The zero-order chi connectivity index (χ0) is 41.1. The lowest BCUT2D eigenvalue weighted by atomic mass is 9.90. The first-order chi connectivity index (χ1) is 28.1. The third-order valence-corrected chi connectivity index (χ3v) is 11.9. The molecule has 4 atom stereocenters. The number of carbonyl (C=O) groups excluding carboxylic acids is 1. The largest absolute Gasteiger partial charge is 0.481 e. The van der Waals surface area contributed by atoms with Crippen molar-refractivity contribution in [3.8, 4) is 5.75 Å². The SMILES string of the molecule is CCCCOP(=O)(COc1cccc(CN2C(=O)N(Cc3ccc4[nH]nc(NC(C)C)c4c3)[C@H](Cc3ccccc3)[C@H](O)[C@@H](O)C2c2ccccc2)c1)OCCCC. The summed E-state index contributed by atoms with van der Waals surface area (Å²) >= 11 is 0. The predicted octanol–water partition coefficient (Wildman–Crippen LogP) is 9.06. The summed E-state index contributed by atoms with van der Waals surface area (Å²) in [5.74, 6) is 1.16. The fraction of sp³-hybridized carbons (Fsp3) is 0.422. The van der Waals surface area contributed by atoms with E-state index in [1.165, 1.54) is 0 Å². The van der Waals surface area contributed by atoms with Crippen molar-refractivity contribution in [2.75, 3.05) is 24.9 Å². The van der Waals surface area contributed by atoms with Crippen LogP contribution < -0.4 is 10.1 Å². The van der Waals surface area contributed by atoms with Gasteiger partial charge in [-0.15, -0.1) is 0 Å². The molecule has 0 radical (unpaired) electrons. The van der Waals surface area contributed by atoms with E-state index in [4.69, 9.17) is 13.8 Å². The van der Waals surface area contributed by atoms with E-state index in [9.17, 15) is 14.8 Å². The summed E-state index contributed by atoms with van der Waals surface area (Å²) in [6, 6.07) is 30.4. The number of benzene rings is 4. The summed E-state index contributed by atoms with van der Waals surface area (Å²) in [7, 11) is -3.54. The van der Waals surface area contributed by atoms with Crippen molar-refractivity contribution in [2.24, 2.45) is 0 Å². The molecule has 0 spiro atoms. The Hall–Kier alpha value is -4.71. The molecule has 1 aliphatic heterocycles. The number of aliphatic hydroxyl groups excluding tert-OH is 2. The number of amides is 2. The molecule has 4 aromatic carbocycles. The van der Waals surface area contributed by atoms with Gasteiger partial charge in [-0.2, -0.15) is 5.10 Å². The first-order valence-corrected chi connectivity index (χ1v) is 22.2. The third-order valence-electron chi connectivity index (χ3n) is 10.3. The van der Waals surface area contributed by atoms with Crippen LogP contribution in [0.25, 0.3) is 10.9 Å². The van der Waals surface area contributed by atoms with Gasteiger partial charge in [0, 0.05) is 24.5 Å². The van der Waals surface area contributed by atoms with Crippen LogP contribution in [0.15, 0.2) is 103 Å². The summed E-state index contributed by atoms with van der Waals surface area (Å²) in [6.45, 7) is 9.02. The fourth-order valence-electron chi connectivity index (χ4n) is 7.30. The van der Waals surface area contributed by atoms with Crippen LogP contribution in [0.3, 0.4) is 0 Å². The maximum atomic E-state index is 15.3. The minimum atomic E-state index is -3.54. The Kier molecular flexibility index (Phi) is 15.0. The van der Waals surface area contributed by atoms with Crippen LogP contribution in [0.1, 0.15) is 81.7 Å². The molecule has 0 saturated carbocycles. The second kappa shape index (κ2) is 20.3. The van der Waals surface area contributed by atoms with Crippen LogP contribution in [0, 0.1) is 0 Å². The molecular weight excluding hydrogens is 753 g/mol. The van der Waals surface area contributed by atoms with E-state index < -0.39 is 31.9 Å². The molecule has 12 nitrogen and oxygen atoms in total. The quantitative estimate of drug-likeness (QED) is 0.0446. The van der Waals surface area contributed by atoms with Gasteiger partial charge in [-0.25, -0.2) is 4.79 Å². The van der Waals surface area contributed by atoms with E-state index in [1.807, 2.05) is 119 Å². The number of unbranched alkanes of at least 4 members (excludes halogenated alkanes) is 2. The molecule has 1 aliphatic rings. The number of anilines is 1. The molecule has 58 heavy (non-hydrogen) atoms. The molecule has 0 aliphatic carbocycles. The Morgan fingerprint density at radius 1 is 0.793 bits per heavy atom. The van der Waals surface area contributed by atoms with Gasteiger partial charge in [0.25, 0.3) is 0 Å². The number of hydrogen-bond acceptors (Lipinski definition) is 9. The topological polar surface area (TPSA) is 149 Å². The van der Waals surface area contributed by atoms with Gasteiger partial charge in [0.1, 0.15) is 18.0 Å². The number of nitrogens with one attached hydrogen (secondary N) is 2. The monoisotopic (exact) mass is 811 g/mol. The molecule has 4 N–H and O–H groups in total. The van der Waals surface area contributed by atoms with Gasteiger partial charge >= 0.3 is 13.6 Å². The predicted molar refractivity (Wildman–Crippen MR) is 228 cm³/mol. The lowest BCUT2D eigenvalue weighted by molar-refractivity contribution is -0.0418. The molecule has 6 rings (SSSR count). The maximum absolute atomic E-state index is 15.3. The van der Waals surface area contributed by atoms with Crippen molar-refractivity contribution < 1.29 is 33.4 Å². The average Bonchev–Trinajstić information content (AvgIpc) is 3.60. The second-order valence-corrected chi connectivity index (χ2v) is 17.3. The van der Waals surface area contributed by atoms with Gasteiger partial charge in [-0.3, -0.25) is 9.66 Å². The van der Waals surface area contributed by atoms with E-state index in [0.29, 0.717) is 36.5 Å². The van der Waals surface area contributed by atoms with Crippen LogP contribution in [0.4, 0.5) is 10.6 Å². The summed E-state index contributed by atoms with van der Waals surface area (Å²) < 4.78 is 31.2. The van der Waals surface area contributed by atoms with Crippen LogP contribution >= 0.6 is 7.60 Å². The first kappa shape index (κ1) is 42.9. The second-order valence-electron chi connectivity index (χ2n) is 15.3.